The standard InChI is InChI=1S/C29H37ClN2O6/c1-5-7-17-37-27(36)23-22-25(34)32(15-10-11-16-33)24(29(22)18-19(3)28(23,4)38-29)26(35)31(14-6-2)21-13-9-8-12-20(21)30/h5-6,8-9,12-13,19,22-24,33H,1-2,7,10-11,14-18H2,3-4H3/t19?,22-,23+,24?,28-,29?/m0/s1. The average molecular weight is 545 g/mol. The van der Waals surface area contributed by atoms with Crippen LogP contribution in [-0.4, -0.2) is 71.3 Å². The van der Waals surface area contributed by atoms with E-state index in [0.717, 1.165) is 0 Å². The van der Waals surface area contributed by atoms with Gasteiger partial charge in [-0.15, -0.1) is 13.2 Å². The Morgan fingerprint density at radius 3 is 2.68 bits per heavy atom. The number of nitrogens with zero attached hydrogens (tertiary/aromatic N) is 2. The summed E-state index contributed by atoms with van der Waals surface area (Å²) in [6, 6.07) is 6.06. The summed E-state index contributed by atoms with van der Waals surface area (Å²) in [6.45, 7) is 11.9. The van der Waals surface area contributed by atoms with Crippen molar-refractivity contribution in [3.05, 3.63) is 54.6 Å². The minimum atomic E-state index is -1.19. The van der Waals surface area contributed by atoms with E-state index in [1.54, 1.807) is 41.3 Å². The molecule has 8 nitrogen and oxygen atoms in total. The molecule has 1 N–H and O–H groups in total. The number of anilines is 1. The lowest BCUT2D eigenvalue weighted by molar-refractivity contribution is -0.161. The van der Waals surface area contributed by atoms with Gasteiger partial charge in [0.1, 0.15) is 17.6 Å². The fourth-order valence-electron chi connectivity index (χ4n) is 6.60. The number of hydrogen-bond acceptors (Lipinski definition) is 6. The minimum Gasteiger partial charge on any atom is -0.465 e. The lowest BCUT2D eigenvalue weighted by atomic mass is 9.62. The molecule has 4 rings (SSSR count). The van der Waals surface area contributed by atoms with Gasteiger partial charge in [0.2, 0.25) is 5.91 Å². The van der Waals surface area contributed by atoms with Crippen LogP contribution in [0.5, 0.6) is 0 Å². The van der Waals surface area contributed by atoms with Crippen molar-refractivity contribution >= 4 is 35.1 Å². The summed E-state index contributed by atoms with van der Waals surface area (Å²) in [7, 11) is 0. The van der Waals surface area contributed by atoms with Gasteiger partial charge in [0, 0.05) is 19.7 Å². The maximum absolute atomic E-state index is 14.5. The highest BCUT2D eigenvalue weighted by molar-refractivity contribution is 6.34. The predicted molar refractivity (Wildman–Crippen MR) is 145 cm³/mol. The Bertz CT molecular complexity index is 1110. The van der Waals surface area contributed by atoms with E-state index in [0.29, 0.717) is 36.4 Å². The summed E-state index contributed by atoms with van der Waals surface area (Å²) in [5, 5.41) is 9.77. The van der Waals surface area contributed by atoms with Crippen molar-refractivity contribution in [2.24, 2.45) is 17.8 Å². The Kier molecular flexibility index (Phi) is 8.35. The third-order valence-corrected chi connectivity index (χ3v) is 8.72. The third kappa shape index (κ3) is 4.46. The molecule has 1 aromatic carbocycles. The van der Waals surface area contributed by atoms with Gasteiger partial charge in [-0.3, -0.25) is 14.4 Å². The number of benzene rings is 1. The zero-order chi connectivity index (χ0) is 27.7. The van der Waals surface area contributed by atoms with Gasteiger partial charge in [-0.05, 0) is 50.7 Å². The number of amides is 2. The molecule has 0 radical (unpaired) electrons. The summed E-state index contributed by atoms with van der Waals surface area (Å²) in [5.74, 6) is -2.90. The van der Waals surface area contributed by atoms with E-state index in [2.05, 4.69) is 13.2 Å². The van der Waals surface area contributed by atoms with Crippen molar-refractivity contribution in [3.8, 4) is 0 Å². The highest BCUT2D eigenvalue weighted by Gasteiger charge is 2.80. The van der Waals surface area contributed by atoms with Crippen molar-refractivity contribution < 1.29 is 29.0 Å². The van der Waals surface area contributed by atoms with Gasteiger partial charge in [-0.2, -0.15) is 0 Å². The third-order valence-electron chi connectivity index (χ3n) is 8.40. The molecule has 206 valence electrons. The van der Waals surface area contributed by atoms with Gasteiger partial charge < -0.3 is 24.4 Å². The molecule has 0 aromatic heterocycles. The molecule has 3 aliphatic heterocycles. The lowest BCUT2D eigenvalue weighted by Crippen LogP contribution is -2.57. The number of rotatable bonds is 12. The maximum Gasteiger partial charge on any atom is 0.312 e. The molecule has 2 bridgehead atoms. The first-order valence-electron chi connectivity index (χ1n) is 13.2. The fraction of sp³-hybridized carbons (Fsp3) is 0.552. The Hall–Kier alpha value is -2.68. The first-order valence-corrected chi connectivity index (χ1v) is 13.6. The molecule has 3 unspecified atom stereocenters. The van der Waals surface area contributed by atoms with E-state index in [1.165, 1.54) is 4.90 Å². The summed E-state index contributed by atoms with van der Waals surface area (Å²) in [6.07, 6.45) is 5.21. The minimum absolute atomic E-state index is 0.0265. The van der Waals surface area contributed by atoms with E-state index in [-0.39, 0.29) is 44.0 Å². The molecule has 1 spiro atoms. The zero-order valence-corrected chi connectivity index (χ0v) is 22.9. The lowest BCUT2D eigenvalue weighted by Gasteiger charge is -2.37. The smallest absolute Gasteiger partial charge is 0.312 e. The van der Waals surface area contributed by atoms with Crippen LogP contribution in [0.4, 0.5) is 5.69 Å². The van der Waals surface area contributed by atoms with Gasteiger partial charge in [0.25, 0.3) is 5.91 Å². The van der Waals surface area contributed by atoms with Crippen molar-refractivity contribution in [3.63, 3.8) is 0 Å². The second-order valence-electron chi connectivity index (χ2n) is 10.6. The number of aliphatic hydroxyl groups excluding tert-OH is 1. The monoisotopic (exact) mass is 544 g/mol. The van der Waals surface area contributed by atoms with Gasteiger partial charge in [-0.25, -0.2) is 0 Å². The number of hydrogen-bond donors (Lipinski definition) is 1. The number of carbonyl (C=O) groups is 3. The highest BCUT2D eigenvalue weighted by atomic mass is 35.5. The van der Waals surface area contributed by atoms with Crippen LogP contribution in [0.3, 0.4) is 0 Å². The van der Waals surface area contributed by atoms with Crippen LogP contribution in [0, 0.1) is 17.8 Å². The van der Waals surface area contributed by atoms with Crippen LogP contribution < -0.4 is 4.90 Å². The SMILES string of the molecule is C=CCCOC(=O)[C@H]1[C@H]2C(=O)N(CCCCO)C(C(=O)N(CC=C)c3ccccc3Cl)C23CC(C)[C@]1(C)O3. The van der Waals surface area contributed by atoms with Gasteiger partial charge in [0.05, 0.1) is 28.8 Å². The molecular formula is C29H37ClN2O6. The maximum atomic E-state index is 14.5. The molecule has 2 amide bonds. The molecule has 1 aromatic rings. The molecular weight excluding hydrogens is 508 g/mol. The molecule has 9 heteroatoms. The Labute approximate surface area is 229 Å². The number of aliphatic hydroxyl groups is 1. The summed E-state index contributed by atoms with van der Waals surface area (Å²) < 4.78 is 12.3. The first kappa shape index (κ1) is 28.3. The Morgan fingerprint density at radius 2 is 2.03 bits per heavy atom. The number of likely N-dealkylation sites (tertiary alicyclic amines) is 1. The molecule has 3 heterocycles. The number of halogens is 1. The van der Waals surface area contributed by atoms with Crippen LogP contribution in [0.15, 0.2) is 49.6 Å². The van der Waals surface area contributed by atoms with Crippen LogP contribution in [-0.2, 0) is 23.9 Å². The number of carbonyl (C=O) groups excluding carboxylic acids is 3. The van der Waals surface area contributed by atoms with E-state index in [9.17, 15) is 19.5 Å². The molecule has 3 fully saturated rings. The van der Waals surface area contributed by atoms with Crippen molar-refractivity contribution in [2.45, 2.75) is 56.8 Å². The summed E-state index contributed by atoms with van der Waals surface area (Å²) in [5.41, 5.74) is -1.63. The number of ether oxygens (including phenoxy) is 2. The summed E-state index contributed by atoms with van der Waals surface area (Å²) in [4.78, 5) is 45.1. The number of unbranched alkanes of at least 4 members (excludes halogenated alkanes) is 1. The molecule has 3 saturated heterocycles. The number of esters is 1. The van der Waals surface area contributed by atoms with Crippen molar-refractivity contribution in [1.82, 2.24) is 4.90 Å². The fourth-order valence-corrected chi connectivity index (χ4v) is 6.84. The van der Waals surface area contributed by atoms with Crippen LogP contribution in [0.1, 0.15) is 39.5 Å². The average Bonchev–Trinajstić information content (AvgIpc) is 3.40. The highest BCUT2D eigenvalue weighted by Crippen LogP contribution is 2.65. The van der Waals surface area contributed by atoms with Crippen LogP contribution >= 0.6 is 11.6 Å². The predicted octanol–water partition coefficient (Wildman–Crippen LogP) is 3.76. The van der Waals surface area contributed by atoms with E-state index < -0.39 is 35.0 Å². The normalized spacial score (nSPS) is 31.3. The van der Waals surface area contributed by atoms with Gasteiger partial charge in [0.15, 0.2) is 0 Å². The van der Waals surface area contributed by atoms with E-state index in [1.807, 2.05) is 13.8 Å². The molecule has 0 aliphatic carbocycles. The second kappa shape index (κ2) is 11.2. The zero-order valence-electron chi connectivity index (χ0n) is 22.1. The quantitative estimate of drug-likeness (QED) is 0.244. The van der Waals surface area contributed by atoms with Crippen LogP contribution in [0.25, 0.3) is 0 Å². The first-order chi connectivity index (χ1) is 18.2. The topological polar surface area (TPSA) is 96.4 Å². The molecule has 0 saturated carbocycles. The van der Waals surface area contributed by atoms with Crippen molar-refractivity contribution in [2.75, 3.05) is 31.2 Å². The van der Waals surface area contributed by atoms with E-state index >= 15 is 0 Å². The Balaban J connectivity index is 1.79. The molecule has 3 aliphatic rings. The molecule has 38 heavy (non-hydrogen) atoms. The number of para-hydroxylation sites is 1. The number of fused-ring (bicyclic) bond motifs is 1. The summed E-state index contributed by atoms with van der Waals surface area (Å²) >= 11 is 6.50. The van der Waals surface area contributed by atoms with Gasteiger partial charge in [-0.1, -0.05) is 42.8 Å². The second-order valence-corrected chi connectivity index (χ2v) is 11.0. The largest absolute Gasteiger partial charge is 0.465 e. The molecule has 6 atom stereocenters. The van der Waals surface area contributed by atoms with Gasteiger partial charge >= 0.3 is 5.97 Å². The van der Waals surface area contributed by atoms with E-state index in [4.69, 9.17) is 21.1 Å². The Morgan fingerprint density at radius 1 is 1.29 bits per heavy atom. The van der Waals surface area contributed by atoms with Crippen molar-refractivity contribution in [1.29, 1.82) is 0 Å². The van der Waals surface area contributed by atoms with Crippen LogP contribution in [0.2, 0.25) is 5.02 Å².